The van der Waals surface area contributed by atoms with Crippen LogP contribution >= 0.6 is 0 Å². The maximum Gasteiger partial charge on any atom is 0.0234 e. The second kappa shape index (κ2) is 8.55. The van der Waals surface area contributed by atoms with E-state index in [1.54, 1.807) is 0 Å². The third-order valence-corrected chi connectivity index (χ3v) is 5.01. The van der Waals surface area contributed by atoms with Crippen molar-refractivity contribution in [2.75, 3.05) is 13.1 Å². The first-order chi connectivity index (χ1) is 10.2. The van der Waals surface area contributed by atoms with Gasteiger partial charge in [0.25, 0.3) is 0 Å². The molecule has 0 aliphatic carbocycles. The van der Waals surface area contributed by atoms with Crippen LogP contribution in [0.15, 0.2) is 30.3 Å². The molecule has 118 valence electrons. The molecule has 1 heterocycles. The first-order valence-electron chi connectivity index (χ1n) is 8.75. The van der Waals surface area contributed by atoms with Crippen molar-refractivity contribution in [2.24, 2.45) is 5.92 Å². The SMILES string of the molecule is CCC(CC)C(C)NC1CCCN(Cc2ccccc2)C1. The number of hydrogen-bond donors (Lipinski definition) is 1. The Morgan fingerprint density at radius 2 is 1.90 bits per heavy atom. The number of nitrogens with one attached hydrogen (secondary N) is 1. The highest BCUT2D eigenvalue weighted by Crippen LogP contribution is 2.18. The summed E-state index contributed by atoms with van der Waals surface area (Å²) >= 11 is 0. The summed E-state index contributed by atoms with van der Waals surface area (Å²) in [6.07, 6.45) is 5.21. The minimum absolute atomic E-state index is 0.640. The molecule has 2 unspecified atom stereocenters. The molecule has 0 radical (unpaired) electrons. The van der Waals surface area contributed by atoms with E-state index < -0.39 is 0 Å². The van der Waals surface area contributed by atoms with Crippen molar-refractivity contribution in [2.45, 2.75) is 65.1 Å². The van der Waals surface area contributed by atoms with Crippen LogP contribution in [0.25, 0.3) is 0 Å². The van der Waals surface area contributed by atoms with E-state index in [0.29, 0.717) is 12.1 Å². The zero-order chi connectivity index (χ0) is 15.1. The van der Waals surface area contributed by atoms with E-state index in [-0.39, 0.29) is 0 Å². The molecule has 0 amide bonds. The number of likely N-dealkylation sites (tertiary alicyclic amines) is 1. The minimum atomic E-state index is 0.640. The second-order valence-corrected chi connectivity index (χ2v) is 6.59. The van der Waals surface area contributed by atoms with Gasteiger partial charge in [0.1, 0.15) is 0 Å². The Hall–Kier alpha value is -0.860. The fourth-order valence-corrected chi connectivity index (χ4v) is 3.68. The Kier molecular flexibility index (Phi) is 6.72. The van der Waals surface area contributed by atoms with Crippen LogP contribution in [-0.4, -0.2) is 30.1 Å². The van der Waals surface area contributed by atoms with E-state index in [1.165, 1.54) is 44.3 Å². The largest absolute Gasteiger partial charge is 0.310 e. The molecule has 1 aromatic rings. The molecule has 0 spiro atoms. The van der Waals surface area contributed by atoms with Crippen molar-refractivity contribution >= 4 is 0 Å². The third-order valence-electron chi connectivity index (χ3n) is 5.01. The van der Waals surface area contributed by atoms with Gasteiger partial charge in [0.15, 0.2) is 0 Å². The Bertz CT molecular complexity index is 386. The van der Waals surface area contributed by atoms with E-state index in [9.17, 15) is 0 Å². The normalized spacial score (nSPS) is 21.6. The Morgan fingerprint density at radius 3 is 2.57 bits per heavy atom. The van der Waals surface area contributed by atoms with Crippen LogP contribution in [0, 0.1) is 5.92 Å². The number of rotatable bonds is 7. The highest BCUT2D eigenvalue weighted by molar-refractivity contribution is 5.14. The standard InChI is InChI=1S/C19H32N2/c1-4-18(5-2)16(3)20-19-12-9-13-21(15-19)14-17-10-7-6-8-11-17/h6-8,10-11,16,18-20H,4-5,9,12-15H2,1-3H3. The van der Waals surface area contributed by atoms with Crippen LogP contribution in [0.3, 0.4) is 0 Å². The van der Waals surface area contributed by atoms with Crippen LogP contribution in [0.2, 0.25) is 0 Å². The molecule has 2 atom stereocenters. The molecule has 0 aromatic heterocycles. The molecule has 1 saturated heterocycles. The molecule has 2 nitrogen and oxygen atoms in total. The maximum absolute atomic E-state index is 3.89. The molecule has 0 saturated carbocycles. The van der Waals surface area contributed by atoms with E-state index >= 15 is 0 Å². The molecule has 1 N–H and O–H groups in total. The summed E-state index contributed by atoms with van der Waals surface area (Å²) in [4.78, 5) is 2.61. The smallest absolute Gasteiger partial charge is 0.0234 e. The van der Waals surface area contributed by atoms with Gasteiger partial charge >= 0.3 is 0 Å². The Labute approximate surface area is 130 Å². The molecule has 1 aliphatic heterocycles. The van der Waals surface area contributed by atoms with Gasteiger partial charge < -0.3 is 5.32 Å². The molecule has 21 heavy (non-hydrogen) atoms. The molecule has 1 aliphatic rings. The van der Waals surface area contributed by atoms with Gasteiger partial charge in [-0.15, -0.1) is 0 Å². The summed E-state index contributed by atoms with van der Waals surface area (Å²) in [5, 5.41) is 3.89. The molecular formula is C19H32N2. The molecule has 2 heteroatoms. The van der Waals surface area contributed by atoms with E-state index in [4.69, 9.17) is 0 Å². The van der Waals surface area contributed by atoms with Crippen LogP contribution in [0.4, 0.5) is 0 Å². The lowest BCUT2D eigenvalue weighted by Crippen LogP contribution is -2.49. The number of hydrogen-bond acceptors (Lipinski definition) is 2. The lowest BCUT2D eigenvalue weighted by molar-refractivity contribution is 0.167. The third kappa shape index (κ3) is 5.12. The summed E-state index contributed by atoms with van der Waals surface area (Å²) < 4.78 is 0. The summed E-state index contributed by atoms with van der Waals surface area (Å²) in [5.74, 6) is 0.814. The summed E-state index contributed by atoms with van der Waals surface area (Å²) in [6.45, 7) is 10.5. The monoisotopic (exact) mass is 288 g/mol. The van der Waals surface area contributed by atoms with Gasteiger partial charge in [-0.25, -0.2) is 0 Å². The molecule has 0 bridgehead atoms. The first-order valence-corrected chi connectivity index (χ1v) is 8.75. The van der Waals surface area contributed by atoms with Gasteiger partial charge in [0.05, 0.1) is 0 Å². The lowest BCUT2D eigenvalue weighted by Gasteiger charge is -2.36. The summed E-state index contributed by atoms with van der Waals surface area (Å²) in [5.41, 5.74) is 1.44. The number of benzene rings is 1. The van der Waals surface area contributed by atoms with Crippen molar-refractivity contribution in [3.8, 4) is 0 Å². The van der Waals surface area contributed by atoms with Gasteiger partial charge in [-0.1, -0.05) is 57.0 Å². The maximum atomic E-state index is 3.89. The average Bonchev–Trinajstić information content (AvgIpc) is 2.50. The topological polar surface area (TPSA) is 15.3 Å². The lowest BCUT2D eigenvalue weighted by atomic mass is 9.93. The second-order valence-electron chi connectivity index (χ2n) is 6.59. The minimum Gasteiger partial charge on any atom is -0.310 e. The highest BCUT2D eigenvalue weighted by atomic mass is 15.2. The molecule has 1 aromatic carbocycles. The van der Waals surface area contributed by atoms with Gasteiger partial charge in [-0.05, 0) is 37.8 Å². The fourth-order valence-electron chi connectivity index (χ4n) is 3.68. The average molecular weight is 288 g/mol. The van der Waals surface area contributed by atoms with Gasteiger partial charge in [-0.3, -0.25) is 4.90 Å². The van der Waals surface area contributed by atoms with Crippen molar-refractivity contribution < 1.29 is 0 Å². The molecular weight excluding hydrogens is 256 g/mol. The predicted octanol–water partition coefficient (Wildman–Crippen LogP) is 4.07. The quantitative estimate of drug-likeness (QED) is 0.814. The first kappa shape index (κ1) is 16.5. The van der Waals surface area contributed by atoms with Crippen molar-refractivity contribution in [3.63, 3.8) is 0 Å². The van der Waals surface area contributed by atoms with E-state index in [0.717, 1.165) is 12.5 Å². The van der Waals surface area contributed by atoms with Crippen LogP contribution in [0.1, 0.15) is 52.0 Å². The van der Waals surface area contributed by atoms with Crippen LogP contribution in [-0.2, 0) is 6.54 Å². The predicted molar refractivity (Wildman–Crippen MR) is 91.4 cm³/mol. The van der Waals surface area contributed by atoms with Gasteiger partial charge in [-0.2, -0.15) is 0 Å². The van der Waals surface area contributed by atoms with Crippen molar-refractivity contribution in [1.82, 2.24) is 10.2 Å². The number of piperidine rings is 1. The Balaban J connectivity index is 1.83. The zero-order valence-electron chi connectivity index (χ0n) is 14.0. The van der Waals surface area contributed by atoms with E-state index in [2.05, 4.69) is 61.3 Å². The van der Waals surface area contributed by atoms with Gasteiger partial charge in [0, 0.05) is 25.2 Å². The fraction of sp³-hybridized carbons (Fsp3) is 0.684. The summed E-state index contributed by atoms with van der Waals surface area (Å²) in [7, 11) is 0. The highest BCUT2D eigenvalue weighted by Gasteiger charge is 2.23. The summed E-state index contributed by atoms with van der Waals surface area (Å²) in [6, 6.07) is 12.2. The zero-order valence-corrected chi connectivity index (χ0v) is 14.0. The van der Waals surface area contributed by atoms with Crippen molar-refractivity contribution in [3.05, 3.63) is 35.9 Å². The van der Waals surface area contributed by atoms with E-state index in [1.807, 2.05) is 0 Å². The van der Waals surface area contributed by atoms with Crippen LogP contribution < -0.4 is 5.32 Å². The Morgan fingerprint density at radius 1 is 1.19 bits per heavy atom. The molecule has 1 fully saturated rings. The van der Waals surface area contributed by atoms with Crippen LogP contribution in [0.5, 0.6) is 0 Å². The van der Waals surface area contributed by atoms with Gasteiger partial charge in [0.2, 0.25) is 0 Å². The van der Waals surface area contributed by atoms with Crippen molar-refractivity contribution in [1.29, 1.82) is 0 Å². The number of nitrogens with zero attached hydrogens (tertiary/aromatic N) is 1. The molecule has 2 rings (SSSR count).